The number of carbonyl (C=O) groups excluding carboxylic acids is 1. The Kier molecular flexibility index (Phi) is 4.27. The summed E-state index contributed by atoms with van der Waals surface area (Å²) >= 11 is 9.43. The summed E-state index contributed by atoms with van der Waals surface area (Å²) in [6.07, 6.45) is 0. The molecule has 1 N–H and O–H groups in total. The van der Waals surface area contributed by atoms with Crippen molar-refractivity contribution in [3.63, 3.8) is 0 Å². The summed E-state index contributed by atoms with van der Waals surface area (Å²) in [4.78, 5) is 12.3. The normalized spacial score (nSPS) is 10.3. The standard InChI is InChI=1S/C15H13BrClNO/c1-9-6-7-11(16)8-14(9)18-15(19)12-4-3-5-13(17)10(12)2/h3-8H,1-2H3,(H,18,19). The number of carbonyl (C=O) groups is 1. The molecule has 0 bridgehead atoms. The smallest absolute Gasteiger partial charge is 0.255 e. The van der Waals surface area contributed by atoms with E-state index in [2.05, 4.69) is 21.2 Å². The van der Waals surface area contributed by atoms with Crippen molar-refractivity contribution >= 4 is 39.1 Å². The number of hydrogen-bond donors (Lipinski definition) is 1. The predicted octanol–water partition coefficient (Wildman–Crippen LogP) is 4.97. The van der Waals surface area contributed by atoms with Gasteiger partial charge in [0, 0.05) is 20.7 Å². The molecule has 0 fully saturated rings. The molecular formula is C15H13BrClNO. The number of hydrogen-bond acceptors (Lipinski definition) is 1. The van der Waals surface area contributed by atoms with E-state index in [1.165, 1.54) is 0 Å². The van der Waals surface area contributed by atoms with Crippen LogP contribution in [-0.2, 0) is 0 Å². The average Bonchev–Trinajstić information content (AvgIpc) is 2.37. The zero-order valence-electron chi connectivity index (χ0n) is 10.6. The lowest BCUT2D eigenvalue weighted by atomic mass is 10.1. The Morgan fingerprint density at radius 3 is 2.68 bits per heavy atom. The summed E-state index contributed by atoms with van der Waals surface area (Å²) in [6, 6.07) is 11.1. The van der Waals surface area contributed by atoms with Crippen LogP contribution in [0, 0.1) is 13.8 Å². The van der Waals surface area contributed by atoms with Crippen LogP contribution in [0.5, 0.6) is 0 Å². The third kappa shape index (κ3) is 3.17. The zero-order chi connectivity index (χ0) is 14.0. The first kappa shape index (κ1) is 14.1. The van der Waals surface area contributed by atoms with E-state index >= 15 is 0 Å². The molecule has 1 amide bonds. The lowest BCUT2D eigenvalue weighted by Gasteiger charge is -2.11. The van der Waals surface area contributed by atoms with Crippen molar-refractivity contribution in [1.82, 2.24) is 0 Å². The Morgan fingerprint density at radius 2 is 1.95 bits per heavy atom. The van der Waals surface area contributed by atoms with Crippen LogP contribution in [0.2, 0.25) is 5.02 Å². The minimum Gasteiger partial charge on any atom is -0.322 e. The maximum atomic E-state index is 12.3. The van der Waals surface area contributed by atoms with Gasteiger partial charge in [-0.2, -0.15) is 0 Å². The van der Waals surface area contributed by atoms with Gasteiger partial charge in [-0.3, -0.25) is 4.79 Å². The predicted molar refractivity (Wildman–Crippen MR) is 83.0 cm³/mol. The van der Waals surface area contributed by atoms with Crippen LogP contribution in [0.25, 0.3) is 0 Å². The number of nitrogens with one attached hydrogen (secondary N) is 1. The molecule has 0 spiro atoms. The monoisotopic (exact) mass is 337 g/mol. The Morgan fingerprint density at radius 1 is 1.21 bits per heavy atom. The van der Waals surface area contributed by atoms with Crippen LogP contribution in [0.1, 0.15) is 21.5 Å². The molecule has 19 heavy (non-hydrogen) atoms. The van der Waals surface area contributed by atoms with E-state index < -0.39 is 0 Å². The Labute approximate surface area is 125 Å². The Hall–Kier alpha value is -1.32. The average molecular weight is 339 g/mol. The van der Waals surface area contributed by atoms with E-state index in [4.69, 9.17) is 11.6 Å². The molecule has 0 atom stereocenters. The van der Waals surface area contributed by atoms with Crippen molar-refractivity contribution in [2.75, 3.05) is 5.32 Å². The minimum absolute atomic E-state index is 0.152. The van der Waals surface area contributed by atoms with Crippen LogP contribution in [0.15, 0.2) is 40.9 Å². The number of halogens is 2. The molecule has 0 aliphatic rings. The van der Waals surface area contributed by atoms with Crippen molar-refractivity contribution in [1.29, 1.82) is 0 Å². The quantitative estimate of drug-likeness (QED) is 0.823. The number of rotatable bonds is 2. The molecule has 0 unspecified atom stereocenters. The van der Waals surface area contributed by atoms with E-state index in [1.807, 2.05) is 32.0 Å². The van der Waals surface area contributed by atoms with Gasteiger partial charge in [0.05, 0.1) is 0 Å². The summed E-state index contributed by atoms with van der Waals surface area (Å²) < 4.78 is 0.927. The second kappa shape index (κ2) is 5.76. The number of amides is 1. The van der Waals surface area contributed by atoms with Gasteiger partial charge in [-0.1, -0.05) is 39.7 Å². The van der Waals surface area contributed by atoms with Crippen LogP contribution in [0.3, 0.4) is 0 Å². The van der Waals surface area contributed by atoms with Gasteiger partial charge in [0.2, 0.25) is 0 Å². The number of benzene rings is 2. The Bertz CT molecular complexity index is 640. The summed E-state index contributed by atoms with van der Waals surface area (Å²) in [5.41, 5.74) is 3.18. The highest BCUT2D eigenvalue weighted by atomic mass is 79.9. The van der Waals surface area contributed by atoms with Gasteiger partial charge in [-0.15, -0.1) is 0 Å². The lowest BCUT2D eigenvalue weighted by molar-refractivity contribution is 0.102. The first-order valence-electron chi connectivity index (χ1n) is 5.81. The highest BCUT2D eigenvalue weighted by molar-refractivity contribution is 9.10. The molecule has 0 saturated heterocycles. The van der Waals surface area contributed by atoms with Gasteiger partial charge < -0.3 is 5.32 Å². The molecule has 2 aromatic rings. The summed E-state index contributed by atoms with van der Waals surface area (Å²) in [7, 11) is 0. The number of aryl methyl sites for hydroxylation is 1. The van der Waals surface area contributed by atoms with Crippen LogP contribution in [-0.4, -0.2) is 5.91 Å². The summed E-state index contributed by atoms with van der Waals surface area (Å²) in [5, 5.41) is 3.50. The summed E-state index contributed by atoms with van der Waals surface area (Å²) in [5.74, 6) is -0.152. The topological polar surface area (TPSA) is 29.1 Å². The fraction of sp³-hybridized carbons (Fsp3) is 0.133. The molecule has 0 heterocycles. The molecule has 2 aromatic carbocycles. The molecule has 4 heteroatoms. The highest BCUT2D eigenvalue weighted by Gasteiger charge is 2.12. The van der Waals surface area contributed by atoms with Crippen LogP contribution >= 0.6 is 27.5 Å². The fourth-order valence-electron chi connectivity index (χ4n) is 1.77. The second-order valence-electron chi connectivity index (χ2n) is 4.33. The Balaban J connectivity index is 2.31. The van der Waals surface area contributed by atoms with E-state index in [1.54, 1.807) is 18.2 Å². The molecular weight excluding hydrogens is 326 g/mol. The fourth-order valence-corrected chi connectivity index (χ4v) is 2.31. The van der Waals surface area contributed by atoms with Crippen molar-refractivity contribution in [3.8, 4) is 0 Å². The van der Waals surface area contributed by atoms with Crippen LogP contribution < -0.4 is 5.32 Å². The van der Waals surface area contributed by atoms with Crippen molar-refractivity contribution in [2.45, 2.75) is 13.8 Å². The van der Waals surface area contributed by atoms with Crippen molar-refractivity contribution in [2.24, 2.45) is 0 Å². The van der Waals surface area contributed by atoms with Gasteiger partial charge in [-0.05, 0) is 49.2 Å². The lowest BCUT2D eigenvalue weighted by Crippen LogP contribution is -2.14. The van der Waals surface area contributed by atoms with Crippen LogP contribution in [0.4, 0.5) is 5.69 Å². The maximum absolute atomic E-state index is 12.3. The largest absolute Gasteiger partial charge is 0.322 e. The van der Waals surface area contributed by atoms with E-state index in [0.29, 0.717) is 10.6 Å². The SMILES string of the molecule is Cc1ccc(Br)cc1NC(=O)c1cccc(Cl)c1C. The first-order valence-corrected chi connectivity index (χ1v) is 6.99. The summed E-state index contributed by atoms with van der Waals surface area (Å²) in [6.45, 7) is 3.79. The van der Waals surface area contributed by atoms with Gasteiger partial charge in [0.1, 0.15) is 0 Å². The van der Waals surface area contributed by atoms with Gasteiger partial charge >= 0.3 is 0 Å². The third-order valence-electron chi connectivity index (χ3n) is 2.96. The maximum Gasteiger partial charge on any atom is 0.255 e. The second-order valence-corrected chi connectivity index (χ2v) is 5.65. The molecule has 2 rings (SSSR count). The minimum atomic E-state index is -0.152. The third-order valence-corrected chi connectivity index (χ3v) is 3.86. The van der Waals surface area contributed by atoms with Gasteiger partial charge in [-0.25, -0.2) is 0 Å². The molecule has 0 aliphatic carbocycles. The zero-order valence-corrected chi connectivity index (χ0v) is 13.0. The van der Waals surface area contributed by atoms with E-state index in [-0.39, 0.29) is 5.91 Å². The molecule has 0 saturated carbocycles. The first-order chi connectivity index (χ1) is 8.99. The van der Waals surface area contributed by atoms with Crippen molar-refractivity contribution in [3.05, 3.63) is 62.6 Å². The molecule has 2 nitrogen and oxygen atoms in total. The van der Waals surface area contributed by atoms with Crippen molar-refractivity contribution < 1.29 is 4.79 Å². The van der Waals surface area contributed by atoms with Gasteiger partial charge in [0.15, 0.2) is 0 Å². The molecule has 0 aliphatic heterocycles. The number of anilines is 1. The highest BCUT2D eigenvalue weighted by Crippen LogP contribution is 2.23. The molecule has 98 valence electrons. The van der Waals surface area contributed by atoms with Gasteiger partial charge in [0.25, 0.3) is 5.91 Å². The molecule has 0 radical (unpaired) electrons. The van der Waals surface area contributed by atoms with E-state index in [0.717, 1.165) is 21.3 Å². The van der Waals surface area contributed by atoms with E-state index in [9.17, 15) is 4.79 Å². The molecule has 0 aromatic heterocycles.